The summed E-state index contributed by atoms with van der Waals surface area (Å²) in [6.07, 6.45) is 1.62. The number of ether oxygens (including phenoxy) is 1. The van der Waals surface area contributed by atoms with E-state index in [4.69, 9.17) is 9.72 Å². The summed E-state index contributed by atoms with van der Waals surface area (Å²) in [5, 5.41) is 13.4. The molecule has 0 saturated heterocycles. The predicted molar refractivity (Wildman–Crippen MR) is 109 cm³/mol. The van der Waals surface area contributed by atoms with Crippen molar-refractivity contribution in [3.8, 4) is 6.01 Å². The van der Waals surface area contributed by atoms with Crippen molar-refractivity contribution in [2.45, 2.75) is 33.2 Å². The highest BCUT2D eigenvalue weighted by molar-refractivity contribution is 7.18. The number of aliphatic hydroxyl groups is 1. The normalized spacial score (nSPS) is 15.1. The van der Waals surface area contributed by atoms with E-state index in [0.717, 1.165) is 40.3 Å². The van der Waals surface area contributed by atoms with Crippen molar-refractivity contribution in [1.82, 2.24) is 19.7 Å². The number of nitrogens with one attached hydrogen (secondary N) is 1. The van der Waals surface area contributed by atoms with Gasteiger partial charge in [-0.2, -0.15) is 9.97 Å². The number of nitrogens with zero attached hydrogens (tertiary/aromatic N) is 4. The quantitative estimate of drug-likeness (QED) is 0.652. The lowest BCUT2D eigenvalue weighted by atomic mass is 10.1. The van der Waals surface area contributed by atoms with Gasteiger partial charge in [0, 0.05) is 36.6 Å². The number of anilines is 1. The Morgan fingerprint density at radius 2 is 2.25 bits per heavy atom. The number of thiophene rings is 1. The zero-order valence-corrected chi connectivity index (χ0v) is 17.2. The second-order valence-electron chi connectivity index (χ2n) is 7.32. The van der Waals surface area contributed by atoms with E-state index in [1.807, 2.05) is 6.92 Å². The Labute approximate surface area is 166 Å². The zero-order valence-electron chi connectivity index (χ0n) is 16.4. The topological polar surface area (TPSA) is 96.3 Å². The maximum Gasteiger partial charge on any atom is 0.319 e. The molecule has 0 radical (unpaired) electrons. The van der Waals surface area contributed by atoms with Crippen molar-refractivity contribution in [3.05, 3.63) is 32.6 Å². The Hall–Kier alpha value is -2.39. The van der Waals surface area contributed by atoms with Gasteiger partial charge < -0.3 is 14.7 Å². The molecule has 0 aromatic carbocycles. The molecule has 0 aliphatic carbocycles. The Morgan fingerprint density at radius 1 is 1.43 bits per heavy atom. The fourth-order valence-corrected chi connectivity index (χ4v) is 4.38. The third-order valence-electron chi connectivity index (χ3n) is 5.07. The molecule has 8 nitrogen and oxygen atoms in total. The second kappa shape index (κ2) is 7.56. The summed E-state index contributed by atoms with van der Waals surface area (Å²) in [7, 11) is 1.74. The molecule has 0 bridgehead atoms. The fourth-order valence-electron chi connectivity index (χ4n) is 3.42. The number of aryl methyl sites for hydroxylation is 2. The van der Waals surface area contributed by atoms with Gasteiger partial charge in [-0.05, 0) is 18.9 Å². The molecule has 150 valence electrons. The first-order valence-corrected chi connectivity index (χ1v) is 10.4. The summed E-state index contributed by atoms with van der Waals surface area (Å²) in [6.45, 7) is 5.78. The maximum absolute atomic E-state index is 12.2. The first-order chi connectivity index (χ1) is 13.5. The van der Waals surface area contributed by atoms with Crippen LogP contribution in [0.15, 0.2) is 10.9 Å². The molecule has 9 heteroatoms. The van der Waals surface area contributed by atoms with Crippen molar-refractivity contribution in [3.63, 3.8) is 0 Å². The third-order valence-corrected chi connectivity index (χ3v) is 6.24. The highest BCUT2D eigenvalue weighted by atomic mass is 32.1. The number of aromatic amines is 1. The molecule has 2 N–H and O–H groups in total. The number of aliphatic hydroxyl groups excluding tert-OH is 1. The number of H-pyrrole nitrogens is 1. The SMILES string of the molecule is CCc1cc2c(N3CCc4c([nH]n(C)c4=O)C3)nc(OCC(C)CO)nc2s1. The van der Waals surface area contributed by atoms with Crippen LogP contribution >= 0.6 is 11.3 Å². The smallest absolute Gasteiger partial charge is 0.319 e. The Balaban J connectivity index is 1.72. The van der Waals surface area contributed by atoms with Gasteiger partial charge in [-0.1, -0.05) is 13.8 Å². The molecule has 28 heavy (non-hydrogen) atoms. The van der Waals surface area contributed by atoms with Crippen molar-refractivity contribution >= 4 is 27.4 Å². The molecular weight excluding hydrogens is 378 g/mol. The Bertz CT molecular complexity index is 1050. The molecule has 4 heterocycles. The predicted octanol–water partition coefficient (Wildman–Crippen LogP) is 1.85. The van der Waals surface area contributed by atoms with Crippen molar-refractivity contribution in [1.29, 1.82) is 0 Å². The highest BCUT2D eigenvalue weighted by Crippen LogP contribution is 2.34. The minimum Gasteiger partial charge on any atom is -0.463 e. The molecule has 0 spiro atoms. The molecule has 1 unspecified atom stereocenters. The van der Waals surface area contributed by atoms with Crippen LogP contribution in [-0.4, -0.2) is 44.6 Å². The summed E-state index contributed by atoms with van der Waals surface area (Å²) in [5.41, 5.74) is 1.85. The summed E-state index contributed by atoms with van der Waals surface area (Å²) in [5.74, 6) is 0.854. The highest BCUT2D eigenvalue weighted by Gasteiger charge is 2.25. The first kappa shape index (κ1) is 18.9. The molecule has 4 rings (SSSR count). The second-order valence-corrected chi connectivity index (χ2v) is 8.43. The lowest BCUT2D eigenvalue weighted by molar-refractivity contribution is 0.167. The third kappa shape index (κ3) is 3.40. The maximum atomic E-state index is 12.2. The van der Waals surface area contributed by atoms with Gasteiger partial charge in [-0.3, -0.25) is 14.6 Å². The van der Waals surface area contributed by atoms with Gasteiger partial charge in [0.1, 0.15) is 10.6 Å². The van der Waals surface area contributed by atoms with Gasteiger partial charge >= 0.3 is 6.01 Å². The summed E-state index contributed by atoms with van der Waals surface area (Å²) in [4.78, 5) is 25.8. The van der Waals surface area contributed by atoms with Crippen LogP contribution in [0.1, 0.15) is 30.0 Å². The minimum absolute atomic E-state index is 0.0178. The van der Waals surface area contributed by atoms with Crippen LogP contribution in [0.5, 0.6) is 6.01 Å². The molecular formula is C19H25N5O3S. The minimum atomic E-state index is 0.0178. The average Bonchev–Trinajstić information content (AvgIpc) is 3.25. The van der Waals surface area contributed by atoms with Crippen molar-refractivity contribution < 1.29 is 9.84 Å². The average molecular weight is 404 g/mol. The Morgan fingerprint density at radius 3 is 3.00 bits per heavy atom. The van der Waals surface area contributed by atoms with E-state index in [1.165, 1.54) is 9.56 Å². The van der Waals surface area contributed by atoms with Crippen molar-refractivity contribution in [2.75, 3.05) is 24.7 Å². The van der Waals surface area contributed by atoms with Crippen LogP contribution < -0.4 is 15.2 Å². The molecule has 3 aromatic rings. The first-order valence-electron chi connectivity index (χ1n) is 9.56. The van der Waals surface area contributed by atoms with Gasteiger partial charge in [0.05, 0.1) is 24.2 Å². The summed E-state index contributed by atoms with van der Waals surface area (Å²) < 4.78 is 7.31. The van der Waals surface area contributed by atoms with E-state index in [0.29, 0.717) is 25.6 Å². The molecule has 0 amide bonds. The van der Waals surface area contributed by atoms with Crippen molar-refractivity contribution in [2.24, 2.45) is 13.0 Å². The molecule has 1 aliphatic heterocycles. The van der Waals surface area contributed by atoms with Gasteiger partial charge in [-0.25, -0.2) is 0 Å². The lowest BCUT2D eigenvalue weighted by Crippen LogP contribution is -2.33. The zero-order chi connectivity index (χ0) is 19.8. The van der Waals surface area contributed by atoms with Crippen LogP contribution in [0, 0.1) is 5.92 Å². The molecule has 0 saturated carbocycles. The van der Waals surface area contributed by atoms with E-state index < -0.39 is 0 Å². The summed E-state index contributed by atoms with van der Waals surface area (Å²) >= 11 is 1.65. The largest absolute Gasteiger partial charge is 0.463 e. The van der Waals surface area contributed by atoms with E-state index in [-0.39, 0.29) is 18.1 Å². The lowest BCUT2D eigenvalue weighted by Gasteiger charge is -2.27. The van der Waals surface area contributed by atoms with Crippen LogP contribution in [0.25, 0.3) is 10.2 Å². The van der Waals surface area contributed by atoms with E-state index in [2.05, 4.69) is 28.0 Å². The number of hydrogen-bond acceptors (Lipinski definition) is 7. The number of fused-ring (bicyclic) bond motifs is 2. The molecule has 0 fully saturated rings. The molecule has 3 aromatic heterocycles. The standard InChI is InChI=1S/C19H25N5O3S/c1-4-12-7-14-16(20-19(21-17(14)28-12)27-10-11(2)9-25)24-6-5-13-15(8-24)22-23(3)18(13)26/h7,11,22,25H,4-6,8-10H2,1-3H3. The monoisotopic (exact) mass is 403 g/mol. The Kier molecular flexibility index (Phi) is 5.11. The van der Waals surface area contributed by atoms with Gasteiger partial charge in [0.25, 0.3) is 5.56 Å². The van der Waals surface area contributed by atoms with E-state index in [9.17, 15) is 9.90 Å². The van der Waals surface area contributed by atoms with Crippen LogP contribution in [0.3, 0.4) is 0 Å². The van der Waals surface area contributed by atoms with Crippen LogP contribution in [-0.2, 0) is 26.4 Å². The number of hydrogen-bond donors (Lipinski definition) is 2. The van der Waals surface area contributed by atoms with Crippen LogP contribution in [0.4, 0.5) is 5.82 Å². The van der Waals surface area contributed by atoms with E-state index in [1.54, 1.807) is 18.4 Å². The number of rotatable bonds is 6. The van der Waals surface area contributed by atoms with Gasteiger partial charge in [0.15, 0.2) is 0 Å². The fraction of sp³-hybridized carbons (Fsp3) is 0.526. The molecule has 1 atom stereocenters. The number of aromatic nitrogens is 4. The molecule has 1 aliphatic rings. The van der Waals surface area contributed by atoms with Gasteiger partial charge in [-0.15, -0.1) is 11.3 Å². The van der Waals surface area contributed by atoms with Crippen LogP contribution in [0.2, 0.25) is 0 Å². The summed E-state index contributed by atoms with van der Waals surface area (Å²) in [6, 6.07) is 2.48. The van der Waals surface area contributed by atoms with E-state index >= 15 is 0 Å². The van der Waals surface area contributed by atoms with Gasteiger partial charge in [0.2, 0.25) is 0 Å².